The van der Waals surface area contributed by atoms with Gasteiger partial charge in [-0.1, -0.05) is 23.7 Å². The first-order valence-electron chi connectivity index (χ1n) is 9.38. The average Bonchev–Trinajstić information content (AvgIpc) is 2.65. The smallest absolute Gasteiger partial charge is 0.211 e. The number of rotatable bonds is 8. The summed E-state index contributed by atoms with van der Waals surface area (Å²) < 4.78 is 24.6. The van der Waals surface area contributed by atoms with E-state index in [1.54, 1.807) is 10.5 Å². The molecule has 0 bridgehead atoms. The van der Waals surface area contributed by atoms with Crippen LogP contribution in [0.2, 0.25) is 5.02 Å². The van der Waals surface area contributed by atoms with Crippen molar-refractivity contribution in [2.75, 3.05) is 50.8 Å². The lowest BCUT2D eigenvalue weighted by molar-refractivity contribution is 0.188. The van der Waals surface area contributed by atoms with Gasteiger partial charge < -0.3 is 10.2 Å². The van der Waals surface area contributed by atoms with Crippen LogP contribution in [0.1, 0.15) is 17.8 Å². The minimum Gasteiger partial charge on any atom is -0.370 e. The number of aromatic nitrogens is 2. The van der Waals surface area contributed by atoms with Crippen molar-refractivity contribution >= 4 is 27.4 Å². The lowest BCUT2D eigenvalue weighted by Gasteiger charge is -2.33. The number of hydrogen-bond acceptors (Lipinski definition) is 6. The minimum absolute atomic E-state index is 0.574. The second-order valence-electron chi connectivity index (χ2n) is 6.95. The molecule has 0 spiro atoms. The predicted molar refractivity (Wildman–Crippen MR) is 112 cm³/mol. The standard InChI is InChI=1S/C19H26ClN5O2S/c1-28(26,27)25-12-10-24(11-13-25)9-3-7-21-18-6-8-22-19(23-18)15-16-4-2-5-17(20)14-16/h2,4-6,8,14H,3,7,9-13,15H2,1H3,(H,21,22,23). The summed E-state index contributed by atoms with van der Waals surface area (Å²) >= 11 is 6.03. The molecular formula is C19H26ClN5O2S. The van der Waals surface area contributed by atoms with E-state index in [-0.39, 0.29) is 0 Å². The number of hydrogen-bond donors (Lipinski definition) is 1. The second-order valence-corrected chi connectivity index (χ2v) is 9.37. The van der Waals surface area contributed by atoms with Crippen molar-refractivity contribution in [3.63, 3.8) is 0 Å². The first-order valence-corrected chi connectivity index (χ1v) is 11.6. The van der Waals surface area contributed by atoms with Crippen LogP contribution in [-0.2, 0) is 16.4 Å². The summed E-state index contributed by atoms with van der Waals surface area (Å²) in [7, 11) is -3.07. The third-order valence-electron chi connectivity index (χ3n) is 4.71. The maximum atomic E-state index is 11.5. The first-order chi connectivity index (χ1) is 13.4. The molecule has 0 atom stereocenters. The highest BCUT2D eigenvalue weighted by atomic mass is 35.5. The Hall–Kier alpha value is -1.74. The zero-order valence-electron chi connectivity index (χ0n) is 16.0. The van der Waals surface area contributed by atoms with E-state index in [4.69, 9.17) is 11.6 Å². The lowest BCUT2D eigenvalue weighted by atomic mass is 10.1. The fourth-order valence-electron chi connectivity index (χ4n) is 3.22. The molecule has 0 radical (unpaired) electrons. The molecule has 28 heavy (non-hydrogen) atoms. The minimum atomic E-state index is -3.07. The van der Waals surface area contributed by atoms with Crippen LogP contribution in [-0.4, -0.2) is 73.1 Å². The van der Waals surface area contributed by atoms with Crippen molar-refractivity contribution in [3.8, 4) is 0 Å². The van der Waals surface area contributed by atoms with Gasteiger partial charge in [0.05, 0.1) is 6.26 Å². The second kappa shape index (κ2) is 9.65. The van der Waals surface area contributed by atoms with Crippen molar-refractivity contribution in [2.24, 2.45) is 0 Å². The van der Waals surface area contributed by atoms with Gasteiger partial charge in [0, 0.05) is 50.4 Å². The number of anilines is 1. The lowest BCUT2D eigenvalue weighted by Crippen LogP contribution is -2.48. The Morgan fingerprint density at radius 2 is 1.96 bits per heavy atom. The zero-order valence-corrected chi connectivity index (χ0v) is 17.6. The Labute approximate surface area is 171 Å². The van der Waals surface area contributed by atoms with Crippen LogP contribution in [0.5, 0.6) is 0 Å². The van der Waals surface area contributed by atoms with Crippen LogP contribution in [0, 0.1) is 0 Å². The SMILES string of the molecule is CS(=O)(=O)N1CCN(CCCNc2ccnc(Cc3cccc(Cl)c3)n2)CC1. The molecule has 1 aliphatic rings. The molecule has 0 amide bonds. The normalized spacial score (nSPS) is 16.2. The quantitative estimate of drug-likeness (QED) is 0.655. The molecule has 1 aromatic heterocycles. The molecule has 2 aromatic rings. The largest absolute Gasteiger partial charge is 0.370 e. The first kappa shape index (κ1) is 21.0. The molecule has 0 aliphatic carbocycles. The van der Waals surface area contributed by atoms with Crippen molar-refractivity contribution in [2.45, 2.75) is 12.8 Å². The van der Waals surface area contributed by atoms with Gasteiger partial charge in [0.1, 0.15) is 11.6 Å². The summed E-state index contributed by atoms with van der Waals surface area (Å²) in [6.45, 7) is 4.45. The summed E-state index contributed by atoms with van der Waals surface area (Å²) in [4.78, 5) is 11.2. The molecule has 1 aromatic carbocycles. The van der Waals surface area contributed by atoms with E-state index in [1.165, 1.54) is 6.26 Å². The maximum Gasteiger partial charge on any atom is 0.211 e. The molecular weight excluding hydrogens is 398 g/mol. The summed E-state index contributed by atoms with van der Waals surface area (Å²) in [5.74, 6) is 1.57. The van der Waals surface area contributed by atoms with Gasteiger partial charge in [-0.3, -0.25) is 0 Å². The third kappa shape index (κ3) is 6.41. The molecule has 1 fully saturated rings. The highest BCUT2D eigenvalue weighted by Crippen LogP contribution is 2.14. The molecule has 9 heteroatoms. The van der Waals surface area contributed by atoms with E-state index in [1.807, 2.05) is 30.3 Å². The molecule has 0 saturated carbocycles. The van der Waals surface area contributed by atoms with Gasteiger partial charge in [0.25, 0.3) is 0 Å². The Morgan fingerprint density at radius 1 is 1.18 bits per heavy atom. The number of halogens is 1. The molecule has 1 saturated heterocycles. The van der Waals surface area contributed by atoms with Crippen molar-refractivity contribution in [3.05, 3.63) is 52.9 Å². The Kier molecular flexibility index (Phi) is 7.23. The Morgan fingerprint density at radius 3 is 2.68 bits per heavy atom. The molecule has 7 nitrogen and oxygen atoms in total. The van der Waals surface area contributed by atoms with E-state index in [2.05, 4.69) is 20.2 Å². The van der Waals surface area contributed by atoms with E-state index < -0.39 is 10.0 Å². The van der Waals surface area contributed by atoms with Gasteiger partial charge in [-0.25, -0.2) is 18.4 Å². The van der Waals surface area contributed by atoms with Crippen LogP contribution < -0.4 is 5.32 Å². The monoisotopic (exact) mass is 423 g/mol. The van der Waals surface area contributed by atoms with Gasteiger partial charge in [-0.15, -0.1) is 0 Å². The highest BCUT2D eigenvalue weighted by molar-refractivity contribution is 7.88. The van der Waals surface area contributed by atoms with Crippen molar-refractivity contribution < 1.29 is 8.42 Å². The number of sulfonamides is 1. The predicted octanol–water partition coefficient (Wildman–Crippen LogP) is 2.10. The van der Waals surface area contributed by atoms with Crippen LogP contribution in [0.3, 0.4) is 0 Å². The van der Waals surface area contributed by atoms with E-state index >= 15 is 0 Å². The van der Waals surface area contributed by atoms with E-state index in [9.17, 15) is 8.42 Å². The Bertz CT molecular complexity index is 885. The zero-order chi connectivity index (χ0) is 20.0. The third-order valence-corrected chi connectivity index (χ3v) is 6.25. The van der Waals surface area contributed by atoms with Crippen LogP contribution in [0.15, 0.2) is 36.5 Å². The van der Waals surface area contributed by atoms with Gasteiger partial charge in [-0.05, 0) is 36.7 Å². The molecule has 3 rings (SSSR count). The van der Waals surface area contributed by atoms with E-state index in [0.29, 0.717) is 24.5 Å². The van der Waals surface area contributed by atoms with E-state index in [0.717, 1.165) is 49.8 Å². The van der Waals surface area contributed by atoms with Crippen LogP contribution in [0.25, 0.3) is 0 Å². The average molecular weight is 424 g/mol. The maximum absolute atomic E-state index is 11.5. The molecule has 0 unspecified atom stereocenters. The number of piperazine rings is 1. The van der Waals surface area contributed by atoms with Crippen LogP contribution in [0.4, 0.5) is 5.82 Å². The molecule has 2 heterocycles. The fraction of sp³-hybridized carbons (Fsp3) is 0.474. The van der Waals surface area contributed by atoms with Crippen molar-refractivity contribution in [1.29, 1.82) is 0 Å². The van der Waals surface area contributed by atoms with Gasteiger partial charge in [0.2, 0.25) is 10.0 Å². The molecule has 1 aliphatic heterocycles. The van der Waals surface area contributed by atoms with Gasteiger partial charge in [-0.2, -0.15) is 4.31 Å². The molecule has 1 N–H and O–H groups in total. The summed E-state index contributed by atoms with van der Waals surface area (Å²) in [6, 6.07) is 9.58. The van der Waals surface area contributed by atoms with Crippen molar-refractivity contribution in [1.82, 2.24) is 19.2 Å². The van der Waals surface area contributed by atoms with Gasteiger partial charge >= 0.3 is 0 Å². The van der Waals surface area contributed by atoms with Gasteiger partial charge in [0.15, 0.2) is 0 Å². The highest BCUT2D eigenvalue weighted by Gasteiger charge is 2.22. The summed E-state index contributed by atoms with van der Waals surface area (Å²) in [6.07, 6.45) is 4.64. The summed E-state index contributed by atoms with van der Waals surface area (Å²) in [5.41, 5.74) is 1.08. The fourth-order valence-corrected chi connectivity index (χ4v) is 4.26. The number of nitrogens with one attached hydrogen (secondary N) is 1. The van der Waals surface area contributed by atoms with Crippen LogP contribution >= 0.6 is 11.6 Å². The summed E-state index contributed by atoms with van der Waals surface area (Å²) in [5, 5.41) is 4.06. The molecule has 152 valence electrons. The number of nitrogens with zero attached hydrogens (tertiary/aromatic N) is 4. The number of benzene rings is 1. The Balaban J connectivity index is 1.41. The topological polar surface area (TPSA) is 78.4 Å².